The zero-order valence-corrected chi connectivity index (χ0v) is 13.4. The van der Waals surface area contributed by atoms with E-state index < -0.39 is 27.1 Å². The zero-order chi connectivity index (χ0) is 17.7. The van der Waals surface area contributed by atoms with Gasteiger partial charge in [-0.1, -0.05) is 24.8 Å². The number of carbonyl (C=O) groups is 2. The van der Waals surface area contributed by atoms with Gasteiger partial charge in [-0.2, -0.15) is 0 Å². The number of carboxylic acid groups (broad SMARTS) is 1. The van der Waals surface area contributed by atoms with Crippen molar-refractivity contribution in [3.63, 3.8) is 0 Å². The number of benzene rings is 2. The third-order valence-electron chi connectivity index (χ3n) is 3.17. The van der Waals surface area contributed by atoms with Gasteiger partial charge in [-0.05, 0) is 36.4 Å². The lowest BCUT2D eigenvalue weighted by atomic mass is 10.2. The molecule has 0 saturated heterocycles. The van der Waals surface area contributed by atoms with Crippen LogP contribution in [0.15, 0.2) is 71.6 Å². The van der Waals surface area contributed by atoms with Crippen molar-refractivity contribution in [2.75, 3.05) is 11.1 Å². The highest BCUT2D eigenvalue weighted by molar-refractivity contribution is 7.91. The van der Waals surface area contributed by atoms with Crippen molar-refractivity contribution in [3.05, 3.63) is 72.3 Å². The summed E-state index contributed by atoms with van der Waals surface area (Å²) in [6.45, 7) is 3.22. The summed E-state index contributed by atoms with van der Waals surface area (Å²) in [5.41, 5.74) is 0.503. The number of sulfone groups is 1. The third kappa shape index (κ3) is 4.30. The molecule has 0 aliphatic carbocycles. The summed E-state index contributed by atoms with van der Waals surface area (Å²) in [7, 11) is -3.80. The molecule has 2 rings (SSSR count). The van der Waals surface area contributed by atoms with E-state index in [1.165, 1.54) is 24.3 Å². The highest BCUT2D eigenvalue weighted by Gasteiger charge is 2.19. The molecule has 0 bridgehead atoms. The summed E-state index contributed by atoms with van der Waals surface area (Å²) in [4.78, 5) is 22.7. The molecule has 0 unspecified atom stereocenters. The van der Waals surface area contributed by atoms with Crippen molar-refractivity contribution in [1.82, 2.24) is 0 Å². The van der Waals surface area contributed by atoms with E-state index in [4.69, 9.17) is 5.11 Å². The van der Waals surface area contributed by atoms with Gasteiger partial charge in [0.2, 0.25) is 0 Å². The summed E-state index contributed by atoms with van der Waals surface area (Å²) in [5.74, 6) is -2.34. The van der Waals surface area contributed by atoms with Gasteiger partial charge in [0.25, 0.3) is 5.91 Å². The van der Waals surface area contributed by atoms with Crippen molar-refractivity contribution >= 4 is 27.4 Å². The fourth-order valence-electron chi connectivity index (χ4n) is 1.91. The second-order valence-electron chi connectivity index (χ2n) is 5.01. The Morgan fingerprint density at radius 3 is 2.12 bits per heavy atom. The monoisotopic (exact) mass is 345 g/mol. The molecule has 2 N–H and O–H groups in total. The fraction of sp³-hybridized carbons (Fsp3) is 0.0588. The molecule has 7 heteroatoms. The summed E-state index contributed by atoms with van der Waals surface area (Å²) in [6, 6.07) is 14.1. The molecule has 0 radical (unpaired) electrons. The maximum atomic E-state index is 12.1. The van der Waals surface area contributed by atoms with Gasteiger partial charge < -0.3 is 10.4 Å². The molecule has 0 heterocycles. The standard InChI is InChI=1S/C17H15NO5S/c1-12(17(20)21)11-24(22,23)15-9-7-14(8-10-15)18-16(19)13-5-3-2-4-6-13/h2-10H,1,11H2,(H,18,19)(H,20,21). The largest absolute Gasteiger partial charge is 0.478 e. The van der Waals surface area contributed by atoms with Crippen LogP contribution in [0.5, 0.6) is 0 Å². The minimum atomic E-state index is -3.80. The topological polar surface area (TPSA) is 101 Å². The van der Waals surface area contributed by atoms with Crippen LogP contribution in [0.25, 0.3) is 0 Å². The van der Waals surface area contributed by atoms with E-state index in [-0.39, 0.29) is 10.8 Å². The van der Waals surface area contributed by atoms with E-state index >= 15 is 0 Å². The van der Waals surface area contributed by atoms with E-state index in [0.717, 1.165) is 0 Å². The van der Waals surface area contributed by atoms with Crippen molar-refractivity contribution < 1.29 is 23.1 Å². The van der Waals surface area contributed by atoms with Crippen LogP contribution in [0.4, 0.5) is 5.69 Å². The maximum absolute atomic E-state index is 12.1. The molecule has 0 atom stereocenters. The van der Waals surface area contributed by atoms with Crippen molar-refractivity contribution in [2.24, 2.45) is 0 Å². The molecule has 2 aromatic carbocycles. The Morgan fingerprint density at radius 1 is 1.00 bits per heavy atom. The number of hydrogen-bond acceptors (Lipinski definition) is 4. The normalized spacial score (nSPS) is 10.8. The molecule has 0 aliphatic rings. The van der Waals surface area contributed by atoms with E-state index in [9.17, 15) is 18.0 Å². The summed E-state index contributed by atoms with van der Waals surface area (Å²) < 4.78 is 24.2. The predicted octanol–water partition coefficient (Wildman–Crippen LogP) is 2.35. The second kappa shape index (κ2) is 7.10. The molecule has 0 aliphatic heterocycles. The zero-order valence-electron chi connectivity index (χ0n) is 12.6. The number of rotatable bonds is 6. The minimum Gasteiger partial charge on any atom is -0.478 e. The molecule has 0 saturated carbocycles. The van der Waals surface area contributed by atoms with Gasteiger partial charge in [-0.25, -0.2) is 13.2 Å². The first-order chi connectivity index (χ1) is 11.3. The van der Waals surface area contributed by atoms with Gasteiger partial charge >= 0.3 is 5.97 Å². The minimum absolute atomic E-state index is 0.0392. The van der Waals surface area contributed by atoms with Crippen LogP contribution in [-0.4, -0.2) is 31.2 Å². The first-order valence-electron chi connectivity index (χ1n) is 6.90. The van der Waals surface area contributed by atoms with Crippen LogP contribution < -0.4 is 5.32 Å². The molecule has 6 nitrogen and oxygen atoms in total. The second-order valence-corrected chi connectivity index (χ2v) is 7.00. The molecule has 1 amide bonds. The molecule has 124 valence electrons. The number of amides is 1. The third-order valence-corrected chi connectivity index (χ3v) is 4.89. The highest BCUT2D eigenvalue weighted by atomic mass is 32.2. The van der Waals surface area contributed by atoms with Gasteiger partial charge in [0.05, 0.1) is 10.6 Å². The van der Waals surface area contributed by atoms with Gasteiger partial charge in [-0.3, -0.25) is 4.79 Å². The predicted molar refractivity (Wildman–Crippen MR) is 89.7 cm³/mol. The lowest BCUT2D eigenvalue weighted by molar-refractivity contribution is -0.132. The lowest BCUT2D eigenvalue weighted by Crippen LogP contribution is -2.14. The van der Waals surface area contributed by atoms with Gasteiger partial charge in [0.1, 0.15) is 0 Å². The Morgan fingerprint density at radius 2 is 1.58 bits per heavy atom. The summed E-state index contributed by atoms with van der Waals surface area (Å²) >= 11 is 0. The maximum Gasteiger partial charge on any atom is 0.332 e. The van der Waals surface area contributed by atoms with Crippen molar-refractivity contribution in [1.29, 1.82) is 0 Å². The highest BCUT2D eigenvalue weighted by Crippen LogP contribution is 2.17. The van der Waals surface area contributed by atoms with Crippen LogP contribution in [0, 0.1) is 0 Å². The van der Waals surface area contributed by atoms with Crippen LogP contribution in [0.2, 0.25) is 0 Å². The van der Waals surface area contributed by atoms with Crippen LogP contribution >= 0.6 is 0 Å². The first-order valence-corrected chi connectivity index (χ1v) is 8.55. The molecular weight excluding hydrogens is 330 g/mol. The Labute approximate surface area is 139 Å². The smallest absolute Gasteiger partial charge is 0.332 e. The molecule has 24 heavy (non-hydrogen) atoms. The quantitative estimate of drug-likeness (QED) is 0.783. The van der Waals surface area contributed by atoms with Gasteiger partial charge in [-0.15, -0.1) is 0 Å². The Balaban J connectivity index is 2.12. The number of carbonyl (C=O) groups excluding carboxylic acids is 1. The lowest BCUT2D eigenvalue weighted by Gasteiger charge is -2.08. The average Bonchev–Trinajstić information content (AvgIpc) is 2.55. The molecule has 0 aromatic heterocycles. The van der Waals surface area contributed by atoms with Crippen LogP contribution in [0.3, 0.4) is 0 Å². The fourth-order valence-corrected chi connectivity index (χ4v) is 3.21. The van der Waals surface area contributed by atoms with Crippen molar-refractivity contribution in [2.45, 2.75) is 4.90 Å². The number of nitrogens with one attached hydrogen (secondary N) is 1. The average molecular weight is 345 g/mol. The number of hydrogen-bond donors (Lipinski definition) is 2. The Bertz CT molecular complexity index is 871. The number of anilines is 1. The Kier molecular flexibility index (Phi) is 5.15. The van der Waals surface area contributed by atoms with E-state index in [2.05, 4.69) is 11.9 Å². The number of aliphatic carboxylic acids is 1. The van der Waals surface area contributed by atoms with Crippen LogP contribution in [-0.2, 0) is 14.6 Å². The van der Waals surface area contributed by atoms with Gasteiger partial charge in [0, 0.05) is 16.8 Å². The molecule has 2 aromatic rings. The van der Waals surface area contributed by atoms with E-state index in [1.54, 1.807) is 30.3 Å². The summed E-state index contributed by atoms with van der Waals surface area (Å²) in [5, 5.41) is 11.4. The van der Waals surface area contributed by atoms with Crippen molar-refractivity contribution in [3.8, 4) is 0 Å². The number of carboxylic acids is 1. The van der Waals surface area contributed by atoms with E-state index in [0.29, 0.717) is 11.3 Å². The summed E-state index contributed by atoms with van der Waals surface area (Å²) in [6.07, 6.45) is 0. The van der Waals surface area contributed by atoms with Crippen LogP contribution in [0.1, 0.15) is 10.4 Å². The SMILES string of the molecule is C=C(CS(=O)(=O)c1ccc(NC(=O)c2ccccc2)cc1)C(=O)O. The first kappa shape index (κ1) is 17.4. The Hall–Kier alpha value is -2.93. The molecule has 0 spiro atoms. The van der Waals surface area contributed by atoms with E-state index in [1.807, 2.05) is 0 Å². The van der Waals surface area contributed by atoms with Gasteiger partial charge in [0.15, 0.2) is 9.84 Å². The molecule has 0 fully saturated rings. The molecular formula is C17H15NO5S.